The molecule has 5 heteroatoms. The van der Waals surface area contributed by atoms with Gasteiger partial charge in [0, 0.05) is 17.4 Å². The molecule has 0 saturated carbocycles. The van der Waals surface area contributed by atoms with Crippen LogP contribution in [0.4, 0.5) is 0 Å². The topological polar surface area (TPSA) is 60.2 Å². The second-order valence-electron chi connectivity index (χ2n) is 2.45. The molecule has 1 rings (SSSR count). The Morgan fingerprint density at radius 2 is 2.25 bits per heavy atom. The second kappa shape index (κ2) is 3.06. The SMILES string of the molecule is O=C(Cl)C1([N+](=O)[O-])C=CC=CC1. The first-order chi connectivity index (χ1) is 5.59. The number of nitrogens with zero attached hydrogens (tertiary/aromatic N) is 1. The van der Waals surface area contributed by atoms with Gasteiger partial charge in [-0.15, -0.1) is 0 Å². The summed E-state index contributed by atoms with van der Waals surface area (Å²) in [5.74, 6) is 0. The van der Waals surface area contributed by atoms with Crippen LogP contribution in [0.2, 0.25) is 0 Å². The molecule has 0 aromatic heterocycles. The van der Waals surface area contributed by atoms with Crippen molar-refractivity contribution in [3.8, 4) is 0 Å². The summed E-state index contributed by atoms with van der Waals surface area (Å²) in [4.78, 5) is 20.7. The average molecular weight is 188 g/mol. The smallest absolute Gasteiger partial charge is 0.273 e. The minimum atomic E-state index is -1.74. The number of halogens is 1. The van der Waals surface area contributed by atoms with Crippen LogP contribution in [0.3, 0.4) is 0 Å². The lowest BCUT2D eigenvalue weighted by molar-refractivity contribution is -0.535. The third-order valence-electron chi connectivity index (χ3n) is 1.71. The molecular weight excluding hydrogens is 182 g/mol. The number of allylic oxidation sites excluding steroid dienone is 2. The Labute approximate surface area is 73.7 Å². The highest BCUT2D eigenvalue weighted by atomic mass is 35.5. The lowest BCUT2D eigenvalue weighted by Gasteiger charge is -2.17. The molecule has 4 nitrogen and oxygen atoms in total. The summed E-state index contributed by atoms with van der Waals surface area (Å²) >= 11 is 5.14. The highest BCUT2D eigenvalue weighted by Gasteiger charge is 2.47. The van der Waals surface area contributed by atoms with Gasteiger partial charge < -0.3 is 0 Å². The molecule has 0 N–H and O–H groups in total. The Balaban J connectivity index is 3.04. The molecule has 0 amide bonds. The van der Waals surface area contributed by atoms with Crippen LogP contribution in [0.15, 0.2) is 24.3 Å². The minimum Gasteiger partial charge on any atom is -0.273 e. The van der Waals surface area contributed by atoms with Gasteiger partial charge in [-0.05, 0) is 11.6 Å². The van der Waals surface area contributed by atoms with Gasteiger partial charge in [0.05, 0.1) is 0 Å². The number of carbonyl (C=O) groups excluding carboxylic acids is 1. The fraction of sp³-hybridized carbons (Fsp3) is 0.286. The van der Waals surface area contributed by atoms with Gasteiger partial charge in [0.25, 0.3) is 0 Å². The fourth-order valence-electron chi connectivity index (χ4n) is 0.962. The molecule has 0 bridgehead atoms. The van der Waals surface area contributed by atoms with E-state index in [9.17, 15) is 14.9 Å². The molecule has 0 aliphatic heterocycles. The van der Waals surface area contributed by atoms with Gasteiger partial charge >= 0.3 is 10.8 Å². The van der Waals surface area contributed by atoms with Crippen molar-refractivity contribution in [2.45, 2.75) is 12.0 Å². The van der Waals surface area contributed by atoms with Crippen LogP contribution in [0.1, 0.15) is 6.42 Å². The largest absolute Gasteiger partial charge is 0.315 e. The molecule has 0 fully saturated rings. The first kappa shape index (κ1) is 8.93. The van der Waals surface area contributed by atoms with Gasteiger partial charge in [0.2, 0.25) is 0 Å². The van der Waals surface area contributed by atoms with E-state index in [2.05, 4.69) is 0 Å². The van der Waals surface area contributed by atoms with E-state index in [1.807, 2.05) is 0 Å². The highest BCUT2D eigenvalue weighted by Crippen LogP contribution is 2.24. The maximum Gasteiger partial charge on any atom is 0.315 e. The Morgan fingerprint density at radius 1 is 1.58 bits per heavy atom. The van der Waals surface area contributed by atoms with Crippen LogP contribution in [-0.2, 0) is 4.79 Å². The molecule has 64 valence electrons. The molecule has 1 unspecified atom stereocenters. The van der Waals surface area contributed by atoms with Gasteiger partial charge in [-0.2, -0.15) is 0 Å². The van der Waals surface area contributed by atoms with Crippen molar-refractivity contribution in [1.29, 1.82) is 0 Å². The molecule has 0 radical (unpaired) electrons. The predicted molar refractivity (Wildman–Crippen MR) is 43.5 cm³/mol. The number of nitro groups is 1. The van der Waals surface area contributed by atoms with Crippen molar-refractivity contribution in [3.63, 3.8) is 0 Å². The molecule has 0 heterocycles. The first-order valence-corrected chi connectivity index (χ1v) is 3.66. The monoisotopic (exact) mass is 187 g/mol. The molecule has 0 aromatic rings. The number of hydrogen-bond acceptors (Lipinski definition) is 3. The summed E-state index contributed by atoms with van der Waals surface area (Å²) in [5, 5.41) is 9.58. The summed E-state index contributed by atoms with van der Waals surface area (Å²) < 4.78 is 0. The number of hydrogen-bond donors (Lipinski definition) is 0. The summed E-state index contributed by atoms with van der Waals surface area (Å²) in [7, 11) is 0. The zero-order valence-corrected chi connectivity index (χ0v) is 6.82. The normalized spacial score (nSPS) is 27.1. The van der Waals surface area contributed by atoms with E-state index in [1.165, 1.54) is 12.2 Å². The Morgan fingerprint density at radius 3 is 2.50 bits per heavy atom. The van der Waals surface area contributed by atoms with Crippen molar-refractivity contribution < 1.29 is 9.72 Å². The zero-order chi connectivity index (χ0) is 9.19. The van der Waals surface area contributed by atoms with Gasteiger partial charge in [-0.1, -0.05) is 18.2 Å². The summed E-state index contributed by atoms with van der Waals surface area (Å²) in [5.41, 5.74) is -1.74. The third kappa shape index (κ3) is 1.25. The van der Waals surface area contributed by atoms with Crippen LogP contribution >= 0.6 is 11.6 Å². The number of rotatable bonds is 2. The van der Waals surface area contributed by atoms with E-state index in [0.717, 1.165) is 0 Å². The molecule has 0 spiro atoms. The standard InChI is InChI=1S/C7H6ClNO3/c8-6(10)7(9(11)12)4-2-1-3-5-7/h1-4H,5H2. The Hall–Kier alpha value is -1.16. The predicted octanol–water partition coefficient (Wildman–Crippen LogP) is 1.28. The van der Waals surface area contributed by atoms with E-state index >= 15 is 0 Å². The van der Waals surface area contributed by atoms with E-state index in [-0.39, 0.29) is 6.42 Å². The summed E-state index contributed by atoms with van der Waals surface area (Å²) in [6, 6.07) is 0. The molecule has 0 saturated heterocycles. The van der Waals surface area contributed by atoms with Gasteiger partial charge in [-0.3, -0.25) is 14.9 Å². The molecule has 1 atom stereocenters. The van der Waals surface area contributed by atoms with Crippen molar-refractivity contribution >= 4 is 16.8 Å². The van der Waals surface area contributed by atoms with Crippen LogP contribution in [0.5, 0.6) is 0 Å². The lowest BCUT2D eigenvalue weighted by Crippen LogP contribution is -2.42. The van der Waals surface area contributed by atoms with Gasteiger partial charge in [0.15, 0.2) is 0 Å². The van der Waals surface area contributed by atoms with Crippen LogP contribution < -0.4 is 0 Å². The lowest BCUT2D eigenvalue weighted by atomic mass is 9.94. The van der Waals surface area contributed by atoms with Crippen molar-refractivity contribution in [2.24, 2.45) is 0 Å². The minimum absolute atomic E-state index is 0.0266. The zero-order valence-electron chi connectivity index (χ0n) is 6.07. The summed E-state index contributed by atoms with van der Waals surface area (Å²) in [6.45, 7) is 0. The molecular formula is C7H6ClNO3. The third-order valence-corrected chi connectivity index (χ3v) is 2.04. The van der Waals surface area contributed by atoms with Crippen LogP contribution in [0.25, 0.3) is 0 Å². The van der Waals surface area contributed by atoms with Gasteiger partial charge in [-0.25, -0.2) is 0 Å². The molecule has 1 aliphatic rings. The molecule has 12 heavy (non-hydrogen) atoms. The fourth-order valence-corrected chi connectivity index (χ4v) is 1.17. The van der Waals surface area contributed by atoms with Crippen LogP contribution in [0, 0.1) is 10.1 Å². The van der Waals surface area contributed by atoms with Gasteiger partial charge in [0.1, 0.15) is 0 Å². The number of carbonyl (C=O) groups is 1. The summed E-state index contributed by atoms with van der Waals surface area (Å²) in [6.07, 6.45) is 5.87. The van der Waals surface area contributed by atoms with Crippen LogP contribution in [-0.4, -0.2) is 15.7 Å². The molecule has 0 aromatic carbocycles. The van der Waals surface area contributed by atoms with E-state index in [1.54, 1.807) is 12.2 Å². The maximum atomic E-state index is 10.8. The van der Waals surface area contributed by atoms with Crippen molar-refractivity contribution in [1.82, 2.24) is 0 Å². The van der Waals surface area contributed by atoms with E-state index < -0.39 is 15.7 Å². The van der Waals surface area contributed by atoms with E-state index in [0.29, 0.717) is 0 Å². The molecule has 1 aliphatic carbocycles. The maximum absolute atomic E-state index is 10.8. The quantitative estimate of drug-likeness (QED) is 0.372. The van der Waals surface area contributed by atoms with E-state index in [4.69, 9.17) is 11.6 Å². The Bertz CT molecular complexity index is 268. The Kier molecular flexibility index (Phi) is 2.28. The van der Waals surface area contributed by atoms with Crippen molar-refractivity contribution in [3.05, 3.63) is 34.4 Å². The average Bonchev–Trinajstić information content (AvgIpc) is 2.05. The second-order valence-corrected chi connectivity index (χ2v) is 2.79. The highest BCUT2D eigenvalue weighted by molar-refractivity contribution is 6.65. The first-order valence-electron chi connectivity index (χ1n) is 3.28. The van der Waals surface area contributed by atoms with Crippen molar-refractivity contribution in [2.75, 3.05) is 0 Å².